The molecule has 2 aliphatic rings. The summed E-state index contributed by atoms with van der Waals surface area (Å²) in [6.07, 6.45) is 2.83. The van der Waals surface area contributed by atoms with Crippen molar-refractivity contribution in [3.05, 3.63) is 0 Å². The van der Waals surface area contributed by atoms with Gasteiger partial charge in [0.05, 0.1) is 18.1 Å². The number of aliphatic carboxylic acids is 1. The molecule has 0 spiro atoms. The molecule has 17 heavy (non-hydrogen) atoms. The summed E-state index contributed by atoms with van der Waals surface area (Å²) in [5.74, 6) is -0.537. The van der Waals surface area contributed by atoms with Gasteiger partial charge in [0.25, 0.3) is 0 Å². The van der Waals surface area contributed by atoms with Crippen LogP contribution in [0.25, 0.3) is 0 Å². The lowest BCUT2D eigenvalue weighted by molar-refractivity contribution is -0.147. The van der Waals surface area contributed by atoms with Crippen molar-refractivity contribution in [2.24, 2.45) is 11.8 Å². The van der Waals surface area contributed by atoms with Crippen LogP contribution in [0, 0.1) is 11.8 Å². The number of nitrogens with zero attached hydrogens (tertiary/aromatic N) is 1. The molecule has 0 aliphatic carbocycles. The molecule has 0 aromatic carbocycles. The van der Waals surface area contributed by atoms with Gasteiger partial charge in [0.2, 0.25) is 0 Å². The van der Waals surface area contributed by atoms with Crippen LogP contribution < -0.4 is 0 Å². The molecular formula is C13H23NO3. The standard InChI is InChI=1S/C13H23NO3/c1-8-4-12(5-9(2)17-8)14-6-11(7-14)10(3)13(15)16/h8-12H,4-7H2,1-3H3,(H,15,16). The molecule has 2 aliphatic heterocycles. The first-order chi connectivity index (χ1) is 7.97. The van der Waals surface area contributed by atoms with Crippen molar-refractivity contribution in [2.45, 2.75) is 51.9 Å². The van der Waals surface area contributed by atoms with Gasteiger partial charge in [0.1, 0.15) is 0 Å². The third-order valence-electron chi connectivity index (χ3n) is 4.22. The Morgan fingerprint density at radius 2 is 1.82 bits per heavy atom. The summed E-state index contributed by atoms with van der Waals surface area (Å²) in [5.41, 5.74) is 0. The Bertz CT molecular complexity index is 278. The summed E-state index contributed by atoms with van der Waals surface area (Å²) < 4.78 is 5.73. The molecule has 4 nitrogen and oxygen atoms in total. The highest BCUT2D eigenvalue weighted by molar-refractivity contribution is 5.70. The van der Waals surface area contributed by atoms with Crippen LogP contribution in [0.2, 0.25) is 0 Å². The molecule has 2 heterocycles. The van der Waals surface area contributed by atoms with Gasteiger partial charge in [0.15, 0.2) is 0 Å². The molecular weight excluding hydrogens is 218 g/mol. The number of carbonyl (C=O) groups is 1. The lowest BCUT2D eigenvalue weighted by atomic mass is 9.84. The zero-order chi connectivity index (χ0) is 12.6. The van der Waals surface area contributed by atoms with E-state index in [2.05, 4.69) is 18.7 Å². The van der Waals surface area contributed by atoms with Gasteiger partial charge in [-0.3, -0.25) is 9.69 Å². The van der Waals surface area contributed by atoms with Crippen molar-refractivity contribution in [3.63, 3.8) is 0 Å². The highest BCUT2D eigenvalue weighted by atomic mass is 16.5. The van der Waals surface area contributed by atoms with E-state index in [4.69, 9.17) is 9.84 Å². The Morgan fingerprint density at radius 1 is 1.29 bits per heavy atom. The molecule has 2 fully saturated rings. The molecule has 0 radical (unpaired) electrons. The second kappa shape index (κ2) is 4.94. The van der Waals surface area contributed by atoms with Gasteiger partial charge in [-0.1, -0.05) is 6.92 Å². The van der Waals surface area contributed by atoms with Crippen molar-refractivity contribution < 1.29 is 14.6 Å². The fourth-order valence-electron chi connectivity index (χ4n) is 3.03. The molecule has 4 heteroatoms. The summed E-state index contributed by atoms with van der Waals surface area (Å²) >= 11 is 0. The van der Waals surface area contributed by atoms with Gasteiger partial charge in [-0.15, -0.1) is 0 Å². The summed E-state index contributed by atoms with van der Waals surface area (Å²) in [5, 5.41) is 8.96. The summed E-state index contributed by atoms with van der Waals surface area (Å²) in [7, 11) is 0. The van der Waals surface area contributed by atoms with Crippen molar-refractivity contribution in [2.75, 3.05) is 13.1 Å². The molecule has 98 valence electrons. The molecule has 1 N–H and O–H groups in total. The minimum Gasteiger partial charge on any atom is -0.481 e. The highest BCUT2D eigenvalue weighted by Crippen LogP contribution is 2.32. The van der Waals surface area contributed by atoms with Gasteiger partial charge in [-0.05, 0) is 32.6 Å². The van der Waals surface area contributed by atoms with Crippen LogP contribution in [-0.2, 0) is 9.53 Å². The quantitative estimate of drug-likeness (QED) is 0.815. The average molecular weight is 241 g/mol. The Morgan fingerprint density at radius 3 is 2.29 bits per heavy atom. The minimum atomic E-state index is -0.664. The molecule has 0 saturated carbocycles. The van der Waals surface area contributed by atoms with E-state index in [1.54, 1.807) is 0 Å². The van der Waals surface area contributed by atoms with Gasteiger partial charge in [0, 0.05) is 19.1 Å². The molecule has 0 amide bonds. The fraction of sp³-hybridized carbons (Fsp3) is 0.923. The third-order valence-corrected chi connectivity index (χ3v) is 4.22. The fourth-order valence-corrected chi connectivity index (χ4v) is 3.03. The molecule has 2 rings (SSSR count). The number of hydrogen-bond acceptors (Lipinski definition) is 3. The maximum Gasteiger partial charge on any atom is 0.306 e. The second-order valence-electron chi connectivity index (χ2n) is 5.72. The third kappa shape index (κ3) is 2.80. The first-order valence-electron chi connectivity index (χ1n) is 6.59. The summed E-state index contributed by atoms with van der Waals surface area (Å²) in [4.78, 5) is 13.3. The maximum absolute atomic E-state index is 10.9. The minimum absolute atomic E-state index is 0.207. The summed E-state index contributed by atoms with van der Waals surface area (Å²) in [6.45, 7) is 7.95. The molecule has 0 bridgehead atoms. The number of rotatable bonds is 3. The van der Waals surface area contributed by atoms with Crippen LogP contribution in [0.4, 0.5) is 0 Å². The lowest BCUT2D eigenvalue weighted by Gasteiger charge is -2.49. The van der Waals surface area contributed by atoms with E-state index in [-0.39, 0.29) is 5.92 Å². The second-order valence-corrected chi connectivity index (χ2v) is 5.72. The van der Waals surface area contributed by atoms with Crippen molar-refractivity contribution in [1.82, 2.24) is 4.90 Å². The van der Waals surface area contributed by atoms with E-state index in [9.17, 15) is 4.79 Å². The monoisotopic (exact) mass is 241 g/mol. The van der Waals surface area contributed by atoms with E-state index in [1.807, 2.05) is 6.92 Å². The molecule has 0 aromatic rings. The predicted molar refractivity (Wildman–Crippen MR) is 64.9 cm³/mol. The number of carboxylic acid groups (broad SMARTS) is 1. The van der Waals surface area contributed by atoms with Crippen LogP contribution in [0.15, 0.2) is 0 Å². The highest BCUT2D eigenvalue weighted by Gasteiger charge is 2.40. The van der Waals surface area contributed by atoms with Crippen LogP contribution in [0.5, 0.6) is 0 Å². The van der Waals surface area contributed by atoms with E-state index in [0.717, 1.165) is 25.9 Å². The van der Waals surface area contributed by atoms with Crippen LogP contribution in [-0.4, -0.2) is 47.3 Å². The molecule has 3 atom stereocenters. The largest absolute Gasteiger partial charge is 0.481 e. The Balaban J connectivity index is 1.81. The Hall–Kier alpha value is -0.610. The number of ether oxygens (including phenoxy) is 1. The van der Waals surface area contributed by atoms with Crippen LogP contribution in [0.3, 0.4) is 0 Å². The molecule has 3 unspecified atom stereocenters. The van der Waals surface area contributed by atoms with Crippen molar-refractivity contribution in [1.29, 1.82) is 0 Å². The Labute approximate surface area is 103 Å². The van der Waals surface area contributed by atoms with E-state index in [0.29, 0.717) is 24.2 Å². The van der Waals surface area contributed by atoms with Crippen molar-refractivity contribution in [3.8, 4) is 0 Å². The predicted octanol–water partition coefficient (Wildman–Crippen LogP) is 1.59. The first kappa shape index (κ1) is 12.8. The SMILES string of the molecule is CC1CC(N2CC(C(C)C(=O)O)C2)CC(C)O1. The molecule has 2 saturated heterocycles. The number of carboxylic acids is 1. The van der Waals surface area contributed by atoms with Crippen LogP contribution in [0.1, 0.15) is 33.6 Å². The zero-order valence-electron chi connectivity index (χ0n) is 10.9. The van der Waals surface area contributed by atoms with Gasteiger partial charge < -0.3 is 9.84 Å². The number of likely N-dealkylation sites (tertiary alicyclic amines) is 1. The van der Waals surface area contributed by atoms with Gasteiger partial charge in [-0.2, -0.15) is 0 Å². The first-order valence-corrected chi connectivity index (χ1v) is 6.59. The zero-order valence-corrected chi connectivity index (χ0v) is 10.9. The normalized spacial score (nSPS) is 37.5. The van der Waals surface area contributed by atoms with Gasteiger partial charge in [-0.25, -0.2) is 0 Å². The lowest BCUT2D eigenvalue weighted by Crippen LogP contribution is -2.57. The van der Waals surface area contributed by atoms with E-state index >= 15 is 0 Å². The van der Waals surface area contributed by atoms with Crippen molar-refractivity contribution >= 4 is 5.97 Å². The average Bonchev–Trinajstić information content (AvgIpc) is 2.13. The Kier molecular flexibility index (Phi) is 3.73. The summed E-state index contributed by atoms with van der Waals surface area (Å²) in [6, 6.07) is 0.589. The van der Waals surface area contributed by atoms with Gasteiger partial charge >= 0.3 is 5.97 Å². The van der Waals surface area contributed by atoms with Crippen LogP contribution >= 0.6 is 0 Å². The maximum atomic E-state index is 10.9. The number of hydrogen-bond donors (Lipinski definition) is 1. The molecule has 0 aromatic heterocycles. The van der Waals surface area contributed by atoms with E-state index in [1.165, 1.54) is 0 Å². The smallest absolute Gasteiger partial charge is 0.306 e. The topological polar surface area (TPSA) is 49.8 Å². The van der Waals surface area contributed by atoms with E-state index < -0.39 is 5.97 Å².